The van der Waals surface area contributed by atoms with Crippen molar-refractivity contribution in [1.82, 2.24) is 0 Å². The van der Waals surface area contributed by atoms with Gasteiger partial charge in [-0.3, -0.25) is 5.41 Å². The number of rotatable bonds is 1. The van der Waals surface area contributed by atoms with Crippen molar-refractivity contribution in [2.75, 3.05) is 5.32 Å². The predicted molar refractivity (Wildman–Crippen MR) is 71.1 cm³/mol. The fraction of sp³-hybridized carbons (Fsp3) is 0. The molecule has 92 valence electrons. The number of hydrogen-bond acceptors (Lipinski definition) is 2. The number of amides is 2. The van der Waals surface area contributed by atoms with Crippen LogP contribution in [0.3, 0.4) is 0 Å². The van der Waals surface area contributed by atoms with Gasteiger partial charge >= 0.3 is 6.03 Å². The van der Waals surface area contributed by atoms with Crippen molar-refractivity contribution >= 4 is 47.6 Å². The van der Waals surface area contributed by atoms with E-state index in [2.05, 4.69) is 22.8 Å². The van der Waals surface area contributed by atoms with E-state index in [1.165, 1.54) is 0 Å². The second kappa shape index (κ2) is 7.48. The smallest absolute Gasteiger partial charge is 0.337 e. The zero-order valence-electron chi connectivity index (χ0n) is 8.71. The number of aliphatic imine (C=N–C) groups is 1. The van der Waals surface area contributed by atoms with Gasteiger partial charge in [0.05, 0.1) is 15.7 Å². The lowest BCUT2D eigenvalue weighted by molar-refractivity contribution is 0.257. The first-order chi connectivity index (χ1) is 7.88. The highest BCUT2D eigenvalue weighted by Gasteiger charge is 2.04. The Hall–Kier alpha value is -1.79. The maximum absolute atomic E-state index is 9.36. The van der Waals surface area contributed by atoms with Gasteiger partial charge in [-0.1, -0.05) is 29.3 Å². The maximum Gasteiger partial charge on any atom is 0.337 e. The van der Waals surface area contributed by atoms with E-state index in [1.807, 2.05) is 0 Å². The van der Waals surface area contributed by atoms with Crippen molar-refractivity contribution in [1.29, 1.82) is 5.41 Å². The normalized spacial score (nSPS) is 8.59. The summed E-state index contributed by atoms with van der Waals surface area (Å²) in [5.74, 6) is -0.190. The molecule has 0 heterocycles. The molecule has 0 aliphatic carbocycles. The highest BCUT2D eigenvalue weighted by molar-refractivity contribution is 6.39. The Balaban J connectivity index is 0.000000437. The first kappa shape index (κ1) is 15.2. The summed E-state index contributed by atoms with van der Waals surface area (Å²) in [6, 6.07) is 4.32. The van der Waals surface area contributed by atoms with Crippen molar-refractivity contribution in [2.45, 2.75) is 0 Å². The van der Waals surface area contributed by atoms with Crippen LogP contribution in [-0.2, 0) is 0 Å². The summed E-state index contributed by atoms with van der Waals surface area (Å²) >= 11 is 11.5. The Morgan fingerprint density at radius 2 is 1.76 bits per heavy atom. The lowest BCUT2D eigenvalue weighted by Crippen LogP contribution is -2.20. The molecular formula is C9H11Cl2N5O. The van der Waals surface area contributed by atoms with Crippen LogP contribution < -0.4 is 16.8 Å². The average molecular weight is 276 g/mol. The number of nitrogens with one attached hydrogen (secondary N) is 2. The number of benzene rings is 1. The molecule has 0 spiro atoms. The lowest BCUT2D eigenvalue weighted by Gasteiger charge is -2.07. The van der Waals surface area contributed by atoms with Crippen molar-refractivity contribution in [3.63, 3.8) is 0 Å². The zero-order chi connectivity index (χ0) is 13.4. The second-order valence-electron chi connectivity index (χ2n) is 2.63. The topological polar surface area (TPSA) is 117 Å². The number of nitrogens with zero attached hydrogens (tertiary/aromatic N) is 1. The van der Waals surface area contributed by atoms with E-state index in [9.17, 15) is 4.79 Å². The summed E-state index contributed by atoms with van der Waals surface area (Å²) in [4.78, 5) is 12.1. The van der Waals surface area contributed by atoms with Crippen molar-refractivity contribution in [3.8, 4) is 0 Å². The van der Waals surface area contributed by atoms with Crippen LogP contribution in [0.5, 0.6) is 0 Å². The van der Waals surface area contributed by atoms with Crippen molar-refractivity contribution in [2.24, 2.45) is 16.5 Å². The van der Waals surface area contributed by atoms with Gasteiger partial charge in [-0.05, 0) is 18.9 Å². The first-order valence-electron chi connectivity index (χ1n) is 4.19. The van der Waals surface area contributed by atoms with Gasteiger partial charge in [0.1, 0.15) is 0 Å². The number of anilines is 1. The molecule has 0 saturated heterocycles. The Morgan fingerprint density at radius 3 is 2.06 bits per heavy atom. The number of nitrogens with two attached hydrogens (primary N) is 2. The van der Waals surface area contributed by atoms with Crippen LogP contribution in [-0.4, -0.2) is 18.7 Å². The summed E-state index contributed by atoms with van der Waals surface area (Å²) in [5, 5.41) is 10.4. The first-order valence-corrected chi connectivity index (χ1v) is 4.95. The number of urea groups is 1. The van der Waals surface area contributed by atoms with Gasteiger partial charge in [0.15, 0.2) is 5.96 Å². The van der Waals surface area contributed by atoms with E-state index in [0.29, 0.717) is 15.7 Å². The molecule has 1 aromatic carbocycles. The Morgan fingerprint density at radius 1 is 1.35 bits per heavy atom. The molecule has 0 fully saturated rings. The third-order valence-electron chi connectivity index (χ3n) is 1.38. The number of hydrogen-bond donors (Lipinski definition) is 4. The number of halogens is 2. The summed E-state index contributed by atoms with van der Waals surface area (Å²) in [6.07, 6.45) is 0. The van der Waals surface area contributed by atoms with E-state index in [1.54, 1.807) is 18.2 Å². The Kier molecular flexibility index (Phi) is 6.69. The standard InChI is InChI=1S/C7H7Cl2N3.C2H4N2O/c8-4-2-1-3-5(9)6(4)12-7(10)11;1-4-2(3)5/h1-3H,(H4,10,11,12);1H2,(H2,3,5). The number of carbonyl (C=O) groups is 1. The summed E-state index contributed by atoms with van der Waals surface area (Å²) in [5.41, 5.74) is 10.0. The summed E-state index contributed by atoms with van der Waals surface area (Å²) < 4.78 is 0. The van der Waals surface area contributed by atoms with Gasteiger partial charge in [-0.25, -0.2) is 9.79 Å². The average Bonchev–Trinajstić information content (AvgIpc) is 2.24. The van der Waals surface area contributed by atoms with Crippen LogP contribution in [0.1, 0.15) is 0 Å². The summed E-state index contributed by atoms with van der Waals surface area (Å²) in [6.45, 7) is 2.84. The molecule has 1 rings (SSSR count). The van der Waals surface area contributed by atoms with Crippen LogP contribution in [0, 0.1) is 5.41 Å². The van der Waals surface area contributed by atoms with Crippen molar-refractivity contribution < 1.29 is 4.79 Å². The Bertz CT molecular complexity index is 415. The summed E-state index contributed by atoms with van der Waals surface area (Å²) in [7, 11) is 0. The Labute approximate surface area is 108 Å². The molecule has 17 heavy (non-hydrogen) atoms. The van der Waals surface area contributed by atoms with Crippen molar-refractivity contribution in [3.05, 3.63) is 28.2 Å². The largest absolute Gasteiger partial charge is 0.370 e. The highest BCUT2D eigenvalue weighted by atomic mass is 35.5. The highest BCUT2D eigenvalue weighted by Crippen LogP contribution is 2.29. The van der Waals surface area contributed by atoms with Crippen LogP contribution in [0.25, 0.3) is 0 Å². The fourth-order valence-corrected chi connectivity index (χ4v) is 1.24. The SMILES string of the molecule is C=NC(N)=O.N=C(N)Nc1c(Cl)cccc1Cl. The second-order valence-corrected chi connectivity index (χ2v) is 3.45. The molecule has 0 bridgehead atoms. The third-order valence-corrected chi connectivity index (χ3v) is 2.01. The molecule has 6 N–H and O–H groups in total. The molecule has 0 radical (unpaired) electrons. The number of carbonyl (C=O) groups excluding carboxylic acids is 1. The van der Waals surface area contributed by atoms with Crippen LogP contribution in [0.15, 0.2) is 23.2 Å². The minimum atomic E-state index is -0.731. The molecule has 0 aliphatic heterocycles. The fourth-order valence-electron chi connectivity index (χ4n) is 0.752. The molecule has 0 saturated carbocycles. The van der Waals surface area contributed by atoms with E-state index in [0.717, 1.165) is 0 Å². The number of para-hydroxylation sites is 1. The maximum atomic E-state index is 9.36. The van der Waals surface area contributed by atoms with E-state index in [4.69, 9.17) is 34.3 Å². The molecule has 1 aromatic rings. The van der Waals surface area contributed by atoms with Gasteiger partial charge in [0.2, 0.25) is 0 Å². The molecule has 8 heteroatoms. The van der Waals surface area contributed by atoms with Gasteiger partial charge < -0.3 is 16.8 Å². The molecule has 2 amide bonds. The molecular weight excluding hydrogens is 265 g/mol. The predicted octanol–water partition coefficient (Wildman–Crippen LogP) is 2.06. The monoisotopic (exact) mass is 275 g/mol. The lowest BCUT2D eigenvalue weighted by atomic mass is 10.3. The molecule has 0 atom stereocenters. The van der Waals surface area contributed by atoms with E-state index in [-0.39, 0.29) is 5.96 Å². The number of primary amides is 1. The van der Waals surface area contributed by atoms with Gasteiger partial charge in [-0.2, -0.15) is 0 Å². The molecule has 0 unspecified atom stereocenters. The van der Waals surface area contributed by atoms with Crippen LogP contribution in [0.4, 0.5) is 10.5 Å². The molecule has 0 aromatic heterocycles. The molecule has 6 nitrogen and oxygen atoms in total. The third kappa shape index (κ3) is 6.39. The minimum Gasteiger partial charge on any atom is -0.370 e. The quantitative estimate of drug-likeness (QED) is 0.464. The van der Waals surface area contributed by atoms with Gasteiger partial charge in [0.25, 0.3) is 0 Å². The number of guanidine groups is 1. The van der Waals surface area contributed by atoms with Crippen LogP contribution >= 0.6 is 23.2 Å². The van der Waals surface area contributed by atoms with Crippen LogP contribution in [0.2, 0.25) is 10.0 Å². The van der Waals surface area contributed by atoms with E-state index >= 15 is 0 Å². The zero-order valence-corrected chi connectivity index (χ0v) is 10.2. The van der Waals surface area contributed by atoms with Gasteiger partial charge in [0, 0.05) is 0 Å². The minimum absolute atomic E-state index is 0.190. The molecule has 0 aliphatic rings. The van der Waals surface area contributed by atoms with Gasteiger partial charge in [-0.15, -0.1) is 0 Å². The van der Waals surface area contributed by atoms with E-state index < -0.39 is 6.03 Å².